The largest absolute Gasteiger partial charge is 0.493 e. The average molecular weight is 863 g/mol. The number of carbonyl (C=O) groups is 1. The number of carbonyl (C=O) groups excluding carboxylic acids is 1. The van der Waals surface area contributed by atoms with Crippen molar-refractivity contribution in [2.24, 2.45) is 4.99 Å². The number of hydrogen-bond donors (Lipinski definition) is 0. The molecular weight excluding hydrogens is 833 g/mol. The zero-order valence-corrected chi connectivity index (χ0v) is 31.7. The summed E-state index contributed by atoms with van der Waals surface area (Å²) in [6.45, 7) is 2.13. The highest BCUT2D eigenvalue weighted by atomic mass is 127. The summed E-state index contributed by atoms with van der Waals surface area (Å²) in [6.07, 6.45) is 1.78. The maximum Gasteiger partial charge on any atom is 0.338 e. The van der Waals surface area contributed by atoms with Crippen LogP contribution in [-0.4, -0.2) is 31.4 Å². The van der Waals surface area contributed by atoms with E-state index in [1.807, 2.05) is 60.7 Å². The molecular formula is C38H29BrIN3O6S. The van der Waals surface area contributed by atoms with E-state index in [0.29, 0.717) is 54.5 Å². The summed E-state index contributed by atoms with van der Waals surface area (Å²) in [6, 6.07) is 26.9. The monoisotopic (exact) mass is 861 g/mol. The van der Waals surface area contributed by atoms with E-state index in [1.54, 1.807) is 44.4 Å². The summed E-state index contributed by atoms with van der Waals surface area (Å²) in [5, 5.41) is 9.16. The molecule has 0 saturated heterocycles. The first kappa shape index (κ1) is 35.1. The Kier molecular flexibility index (Phi) is 10.9. The summed E-state index contributed by atoms with van der Waals surface area (Å²) in [5.41, 5.74) is 3.77. The number of aromatic nitrogens is 1. The molecule has 0 fully saturated rings. The van der Waals surface area contributed by atoms with Crippen LogP contribution in [0.25, 0.3) is 11.8 Å². The quantitative estimate of drug-likeness (QED) is 0.113. The minimum Gasteiger partial charge on any atom is -0.493 e. The molecule has 5 aromatic rings. The Labute approximate surface area is 314 Å². The molecule has 1 atom stereocenters. The molecule has 0 amide bonds. The van der Waals surface area contributed by atoms with Gasteiger partial charge in [0, 0.05) is 15.6 Å². The zero-order chi connectivity index (χ0) is 35.4. The fourth-order valence-corrected chi connectivity index (χ4v) is 8.29. The lowest BCUT2D eigenvalue weighted by atomic mass is 9.93. The average Bonchev–Trinajstić information content (AvgIpc) is 3.44. The van der Waals surface area contributed by atoms with Crippen LogP contribution in [0, 0.1) is 14.9 Å². The van der Waals surface area contributed by atoms with E-state index in [2.05, 4.69) is 44.6 Å². The minimum absolute atomic E-state index is 0.139. The number of rotatable bonds is 10. The van der Waals surface area contributed by atoms with Crippen LogP contribution in [0.1, 0.15) is 40.8 Å². The molecule has 50 heavy (non-hydrogen) atoms. The molecule has 0 N–H and O–H groups in total. The molecule has 9 nitrogen and oxygen atoms in total. The van der Waals surface area contributed by atoms with Gasteiger partial charge in [-0.05, 0) is 83.1 Å². The van der Waals surface area contributed by atoms with E-state index in [1.165, 1.54) is 23.0 Å². The predicted octanol–water partition coefficient (Wildman–Crippen LogP) is 6.77. The summed E-state index contributed by atoms with van der Waals surface area (Å²) in [7, 11) is 3.08. The normalized spacial score (nSPS) is 14.0. The predicted molar refractivity (Wildman–Crippen MR) is 203 cm³/mol. The second kappa shape index (κ2) is 15.5. The van der Waals surface area contributed by atoms with Crippen LogP contribution in [0.4, 0.5) is 0 Å². The van der Waals surface area contributed by atoms with E-state index >= 15 is 0 Å². The third-order valence-electron chi connectivity index (χ3n) is 7.89. The molecule has 0 bridgehead atoms. The van der Waals surface area contributed by atoms with Gasteiger partial charge in [0.15, 0.2) is 16.3 Å². The molecule has 2 heterocycles. The Balaban J connectivity index is 1.56. The van der Waals surface area contributed by atoms with Gasteiger partial charge in [-0.1, -0.05) is 75.8 Å². The highest BCUT2D eigenvalue weighted by molar-refractivity contribution is 14.1. The Morgan fingerprint density at radius 1 is 1.04 bits per heavy atom. The van der Waals surface area contributed by atoms with Gasteiger partial charge in [0.1, 0.15) is 12.4 Å². The van der Waals surface area contributed by atoms with Crippen molar-refractivity contribution in [2.45, 2.75) is 19.6 Å². The second-order valence-corrected chi connectivity index (χ2v) is 14.0. The van der Waals surface area contributed by atoms with Gasteiger partial charge in [-0.25, -0.2) is 9.79 Å². The van der Waals surface area contributed by atoms with Crippen molar-refractivity contribution in [1.29, 1.82) is 5.26 Å². The highest BCUT2D eigenvalue weighted by Crippen LogP contribution is 2.38. The van der Waals surface area contributed by atoms with Crippen LogP contribution in [0.15, 0.2) is 105 Å². The smallest absolute Gasteiger partial charge is 0.338 e. The highest BCUT2D eigenvalue weighted by Gasteiger charge is 2.35. The maximum atomic E-state index is 14.5. The summed E-state index contributed by atoms with van der Waals surface area (Å²) in [5.74, 6) is 0.967. The molecule has 6 rings (SSSR count). The number of halogens is 2. The van der Waals surface area contributed by atoms with Gasteiger partial charge >= 0.3 is 5.97 Å². The van der Waals surface area contributed by atoms with Gasteiger partial charge < -0.3 is 18.9 Å². The fourth-order valence-electron chi connectivity index (χ4n) is 5.59. The molecule has 0 spiro atoms. The molecule has 0 saturated carbocycles. The molecule has 1 aliphatic heterocycles. The van der Waals surface area contributed by atoms with E-state index in [4.69, 9.17) is 29.2 Å². The van der Waals surface area contributed by atoms with E-state index < -0.39 is 12.0 Å². The van der Waals surface area contributed by atoms with Gasteiger partial charge in [-0.15, -0.1) is 0 Å². The SMILES string of the molecule is CCOC(=O)C1=C(c2ccccc2)N=c2s/c(=C\c3cc(Br)cc(I)c3OCc3ccc(C#N)cc3)c(=O)n2[C@H]1c1ccc(OC)c(OC)c1. The zero-order valence-electron chi connectivity index (χ0n) is 27.1. The van der Waals surface area contributed by atoms with Gasteiger partial charge in [-0.3, -0.25) is 9.36 Å². The number of benzene rings is 4. The van der Waals surface area contributed by atoms with Gasteiger partial charge in [-0.2, -0.15) is 5.26 Å². The van der Waals surface area contributed by atoms with Crippen molar-refractivity contribution >= 4 is 67.6 Å². The Bertz CT molecular complexity index is 2350. The third-order valence-corrected chi connectivity index (χ3v) is 10.1. The first-order valence-corrected chi connectivity index (χ1v) is 18.1. The van der Waals surface area contributed by atoms with Gasteiger partial charge in [0.25, 0.3) is 5.56 Å². The van der Waals surface area contributed by atoms with Crippen molar-refractivity contribution in [3.63, 3.8) is 0 Å². The number of fused-ring (bicyclic) bond motifs is 1. The molecule has 4 aromatic carbocycles. The number of ether oxygens (including phenoxy) is 4. The van der Waals surface area contributed by atoms with Crippen molar-refractivity contribution in [2.75, 3.05) is 20.8 Å². The molecule has 252 valence electrons. The summed E-state index contributed by atoms with van der Waals surface area (Å²) in [4.78, 5) is 33.7. The lowest BCUT2D eigenvalue weighted by Crippen LogP contribution is -2.40. The topological polar surface area (TPSA) is 112 Å². The molecule has 0 radical (unpaired) electrons. The van der Waals surface area contributed by atoms with Crippen LogP contribution < -0.4 is 29.1 Å². The lowest BCUT2D eigenvalue weighted by Gasteiger charge is -2.26. The van der Waals surface area contributed by atoms with Crippen molar-refractivity contribution in [1.82, 2.24) is 4.57 Å². The van der Waals surface area contributed by atoms with Gasteiger partial charge in [0.2, 0.25) is 0 Å². The minimum atomic E-state index is -0.891. The van der Waals surface area contributed by atoms with Gasteiger partial charge in [0.05, 0.1) is 57.9 Å². The van der Waals surface area contributed by atoms with Crippen molar-refractivity contribution < 1.29 is 23.7 Å². The number of nitrogens with zero attached hydrogens (tertiary/aromatic N) is 3. The van der Waals surface area contributed by atoms with Crippen LogP contribution >= 0.6 is 49.9 Å². The van der Waals surface area contributed by atoms with Crippen molar-refractivity contribution in [3.8, 4) is 23.3 Å². The number of esters is 1. The number of hydrogen-bond acceptors (Lipinski definition) is 9. The Hall–Kier alpha value is -4.71. The first-order valence-electron chi connectivity index (χ1n) is 15.4. The molecule has 0 unspecified atom stereocenters. The fraction of sp³-hybridized carbons (Fsp3) is 0.158. The maximum absolute atomic E-state index is 14.5. The molecule has 1 aromatic heterocycles. The van der Waals surface area contributed by atoms with E-state index in [9.17, 15) is 9.59 Å². The third kappa shape index (κ3) is 7.12. The standard InChI is InChI=1S/C38H29BrIN3O6S/c1-4-48-37(45)32-33(24-8-6-5-7-9-24)42-38-43(34(32)25-14-15-29(46-2)30(17-25)47-3)36(44)31(50-38)18-26-16-27(39)19-28(40)35(26)49-21-23-12-10-22(20-41)11-13-23/h5-19,34H,4,21H2,1-3H3/b31-18-/t34-/m0/s1. The Morgan fingerprint density at radius 2 is 1.78 bits per heavy atom. The van der Waals surface area contributed by atoms with Crippen LogP contribution in [-0.2, 0) is 16.1 Å². The number of thiazole rings is 1. The molecule has 12 heteroatoms. The van der Waals surface area contributed by atoms with Crippen LogP contribution in [0.5, 0.6) is 17.2 Å². The summed E-state index contributed by atoms with van der Waals surface area (Å²) < 4.78 is 26.6. The molecule has 1 aliphatic rings. The van der Waals surface area contributed by atoms with Crippen LogP contribution in [0.2, 0.25) is 0 Å². The Morgan fingerprint density at radius 3 is 2.46 bits per heavy atom. The lowest BCUT2D eigenvalue weighted by molar-refractivity contribution is -0.138. The number of nitriles is 1. The second-order valence-electron chi connectivity index (χ2n) is 10.9. The first-order chi connectivity index (χ1) is 24.3. The summed E-state index contributed by atoms with van der Waals surface area (Å²) >= 11 is 7.02. The van der Waals surface area contributed by atoms with E-state index in [-0.39, 0.29) is 24.3 Å². The van der Waals surface area contributed by atoms with Crippen LogP contribution in [0.3, 0.4) is 0 Å². The van der Waals surface area contributed by atoms with Crippen molar-refractivity contribution in [3.05, 3.63) is 146 Å². The number of methoxy groups -OCH3 is 2. The molecule has 0 aliphatic carbocycles. The van der Waals surface area contributed by atoms with E-state index in [0.717, 1.165) is 13.6 Å².